The Morgan fingerprint density at radius 1 is 0.875 bits per heavy atom. The smallest absolute Gasteiger partial charge is 0.248 e. The molecule has 1 amide bonds. The van der Waals surface area contributed by atoms with Crippen molar-refractivity contribution in [1.29, 1.82) is 0 Å². The summed E-state index contributed by atoms with van der Waals surface area (Å²) in [5.74, 6) is 1.68. The van der Waals surface area contributed by atoms with E-state index in [9.17, 15) is 4.79 Å². The maximum atomic E-state index is 12.4. The van der Waals surface area contributed by atoms with E-state index in [0.29, 0.717) is 49.4 Å². The van der Waals surface area contributed by atoms with Crippen LogP contribution in [-0.4, -0.2) is 11.0 Å². The van der Waals surface area contributed by atoms with Crippen LogP contribution in [0.1, 0.15) is 11.5 Å². The third kappa shape index (κ3) is 5.26. The number of amides is 1. The molecule has 2 aromatic heterocycles. The van der Waals surface area contributed by atoms with Crippen molar-refractivity contribution in [2.75, 3.05) is 5.32 Å². The van der Waals surface area contributed by atoms with Gasteiger partial charge in [0.05, 0.1) is 10.7 Å². The summed E-state index contributed by atoms with van der Waals surface area (Å²) < 4.78 is 11.3. The zero-order valence-corrected chi connectivity index (χ0v) is 18.7. The minimum absolute atomic E-state index is 0.194. The van der Waals surface area contributed by atoms with Crippen molar-refractivity contribution in [3.63, 3.8) is 0 Å². The van der Waals surface area contributed by atoms with E-state index in [1.54, 1.807) is 66.7 Å². The number of halogens is 3. The van der Waals surface area contributed by atoms with Crippen LogP contribution < -0.4 is 5.32 Å². The van der Waals surface area contributed by atoms with Gasteiger partial charge in [0.2, 0.25) is 5.91 Å². The number of rotatable bonds is 6. The molecule has 4 rings (SSSR count). The lowest BCUT2D eigenvalue weighted by Crippen LogP contribution is -2.08. The summed E-state index contributed by atoms with van der Waals surface area (Å²) in [6.07, 6.45) is 2.89. The van der Waals surface area contributed by atoms with Crippen LogP contribution >= 0.6 is 34.8 Å². The lowest BCUT2D eigenvalue weighted by Gasteiger charge is -2.07. The predicted molar refractivity (Wildman–Crippen MR) is 127 cm³/mol. The molecule has 0 unspecified atom stereocenters. The fourth-order valence-electron chi connectivity index (χ4n) is 3.02. The van der Waals surface area contributed by atoms with Gasteiger partial charge in [-0.05, 0) is 66.7 Å². The van der Waals surface area contributed by atoms with E-state index < -0.39 is 0 Å². The normalized spacial score (nSPS) is 11.2. The first-order chi connectivity index (χ1) is 15.4. The number of anilines is 1. The standard InChI is InChI=1S/C24H16Cl3NO4/c25-16-9-15(10-17(26)12-16)23-6-2-18(31-23)4-8-24(30)28-21-11-14(1-5-20(21)27)22-7-3-19(13-29)32-22/h1-12,29H,13H2,(H,28,30)/b8-4+. The van der Waals surface area contributed by atoms with E-state index in [0.717, 1.165) is 5.56 Å². The molecule has 2 heterocycles. The van der Waals surface area contributed by atoms with Crippen LogP contribution in [0, 0.1) is 0 Å². The van der Waals surface area contributed by atoms with Crippen molar-refractivity contribution in [1.82, 2.24) is 0 Å². The van der Waals surface area contributed by atoms with Crippen LogP contribution in [0.2, 0.25) is 15.1 Å². The number of aliphatic hydroxyl groups excluding tert-OH is 1. The number of aliphatic hydroxyl groups is 1. The molecule has 0 aliphatic carbocycles. The Hall–Kier alpha value is -2.96. The lowest BCUT2D eigenvalue weighted by atomic mass is 10.1. The summed E-state index contributed by atoms with van der Waals surface area (Å²) >= 11 is 18.3. The molecule has 0 atom stereocenters. The van der Waals surface area contributed by atoms with Crippen LogP contribution in [0.3, 0.4) is 0 Å². The van der Waals surface area contributed by atoms with Crippen LogP contribution in [0.5, 0.6) is 0 Å². The maximum absolute atomic E-state index is 12.4. The summed E-state index contributed by atoms with van der Waals surface area (Å²) in [6.45, 7) is -0.194. The van der Waals surface area contributed by atoms with Gasteiger partial charge in [0.1, 0.15) is 29.6 Å². The molecule has 8 heteroatoms. The van der Waals surface area contributed by atoms with Crippen molar-refractivity contribution in [3.8, 4) is 22.6 Å². The van der Waals surface area contributed by atoms with E-state index in [1.807, 2.05) is 0 Å². The minimum Gasteiger partial charge on any atom is -0.459 e. The molecule has 2 aromatic carbocycles. The Kier molecular flexibility index (Phi) is 6.72. The average molecular weight is 489 g/mol. The van der Waals surface area contributed by atoms with Gasteiger partial charge >= 0.3 is 0 Å². The minimum atomic E-state index is -0.386. The number of hydrogen-bond acceptors (Lipinski definition) is 4. The predicted octanol–water partition coefficient (Wildman–Crippen LogP) is 7.31. The Morgan fingerprint density at radius 3 is 2.31 bits per heavy atom. The van der Waals surface area contributed by atoms with Crippen LogP contribution in [-0.2, 0) is 11.4 Å². The number of hydrogen-bond donors (Lipinski definition) is 2. The summed E-state index contributed by atoms with van der Waals surface area (Å²) in [6, 6.07) is 17.2. The quantitative estimate of drug-likeness (QED) is 0.279. The fraction of sp³-hybridized carbons (Fsp3) is 0.0417. The van der Waals surface area contributed by atoms with E-state index >= 15 is 0 Å². The highest BCUT2D eigenvalue weighted by Crippen LogP contribution is 2.31. The maximum Gasteiger partial charge on any atom is 0.248 e. The van der Waals surface area contributed by atoms with Gasteiger partial charge in [0.15, 0.2) is 0 Å². The second-order valence-electron chi connectivity index (χ2n) is 6.80. The van der Waals surface area contributed by atoms with Crippen molar-refractivity contribution < 1.29 is 18.7 Å². The Balaban J connectivity index is 1.47. The largest absolute Gasteiger partial charge is 0.459 e. The molecule has 0 saturated carbocycles. The Labute approximate surface area is 198 Å². The molecule has 2 N–H and O–H groups in total. The van der Waals surface area contributed by atoms with Crippen molar-refractivity contribution in [2.24, 2.45) is 0 Å². The lowest BCUT2D eigenvalue weighted by molar-refractivity contribution is -0.111. The summed E-state index contributed by atoms with van der Waals surface area (Å²) in [4.78, 5) is 12.4. The third-order valence-electron chi connectivity index (χ3n) is 4.50. The zero-order valence-electron chi connectivity index (χ0n) is 16.4. The first-order valence-corrected chi connectivity index (χ1v) is 10.6. The molecule has 0 saturated heterocycles. The summed E-state index contributed by atoms with van der Waals surface area (Å²) in [7, 11) is 0. The highest BCUT2D eigenvalue weighted by Gasteiger charge is 2.10. The number of nitrogens with one attached hydrogen (secondary N) is 1. The molecular formula is C24H16Cl3NO4. The Morgan fingerprint density at radius 2 is 1.59 bits per heavy atom. The highest BCUT2D eigenvalue weighted by atomic mass is 35.5. The van der Waals surface area contributed by atoms with Gasteiger partial charge in [-0.2, -0.15) is 0 Å². The second kappa shape index (κ2) is 9.67. The zero-order chi connectivity index (χ0) is 22.7. The SMILES string of the molecule is O=C(/C=C/c1ccc(-c2cc(Cl)cc(Cl)c2)o1)Nc1cc(-c2ccc(CO)o2)ccc1Cl. The first kappa shape index (κ1) is 22.2. The van der Waals surface area contributed by atoms with Gasteiger partial charge in [-0.25, -0.2) is 0 Å². The molecule has 0 bridgehead atoms. The van der Waals surface area contributed by atoms with Crippen molar-refractivity contribution in [3.05, 3.63) is 93.3 Å². The Bertz CT molecular complexity index is 1290. The molecule has 0 aliphatic heterocycles. The van der Waals surface area contributed by atoms with Crippen molar-refractivity contribution >= 4 is 52.5 Å². The van der Waals surface area contributed by atoms with Crippen molar-refractivity contribution in [2.45, 2.75) is 6.61 Å². The van der Waals surface area contributed by atoms with Gasteiger partial charge in [-0.1, -0.05) is 34.8 Å². The van der Waals surface area contributed by atoms with Crippen LogP contribution in [0.4, 0.5) is 5.69 Å². The van der Waals surface area contributed by atoms with E-state index in [2.05, 4.69) is 5.32 Å². The monoisotopic (exact) mass is 487 g/mol. The van der Waals surface area contributed by atoms with E-state index in [1.165, 1.54) is 6.08 Å². The van der Waals surface area contributed by atoms with Crippen LogP contribution in [0.25, 0.3) is 28.7 Å². The number of furan rings is 2. The number of carbonyl (C=O) groups is 1. The summed E-state index contributed by atoms with van der Waals surface area (Å²) in [5.41, 5.74) is 1.87. The molecule has 0 radical (unpaired) electrons. The molecule has 0 fully saturated rings. The first-order valence-electron chi connectivity index (χ1n) is 9.46. The average Bonchev–Trinajstić information content (AvgIpc) is 3.43. The molecule has 162 valence electrons. The van der Waals surface area contributed by atoms with Gasteiger partial charge < -0.3 is 19.3 Å². The van der Waals surface area contributed by atoms with Gasteiger partial charge in [-0.3, -0.25) is 4.79 Å². The molecule has 0 spiro atoms. The van der Waals surface area contributed by atoms with E-state index in [-0.39, 0.29) is 12.5 Å². The summed E-state index contributed by atoms with van der Waals surface area (Å²) in [5, 5.41) is 13.3. The van der Waals surface area contributed by atoms with E-state index in [4.69, 9.17) is 48.7 Å². The number of carbonyl (C=O) groups excluding carboxylic acids is 1. The van der Waals surface area contributed by atoms with Gasteiger partial charge in [-0.15, -0.1) is 0 Å². The van der Waals surface area contributed by atoms with Crippen LogP contribution in [0.15, 0.2) is 75.6 Å². The van der Waals surface area contributed by atoms with Gasteiger partial charge in [0, 0.05) is 27.2 Å². The second-order valence-corrected chi connectivity index (χ2v) is 8.08. The third-order valence-corrected chi connectivity index (χ3v) is 5.27. The molecule has 5 nitrogen and oxygen atoms in total. The molecule has 32 heavy (non-hydrogen) atoms. The molecular weight excluding hydrogens is 473 g/mol. The topological polar surface area (TPSA) is 75.6 Å². The highest BCUT2D eigenvalue weighted by molar-refractivity contribution is 6.35. The fourth-order valence-corrected chi connectivity index (χ4v) is 3.71. The molecule has 4 aromatic rings. The van der Waals surface area contributed by atoms with Gasteiger partial charge in [0.25, 0.3) is 0 Å². The number of benzene rings is 2. The molecule has 0 aliphatic rings.